The monoisotopic (exact) mass is 435 g/mol. The van der Waals surface area contributed by atoms with Crippen LogP contribution in [0, 0.1) is 23.2 Å². The van der Waals surface area contributed by atoms with Gasteiger partial charge in [-0.1, -0.05) is 35.3 Å². The SMILES string of the molecule is N#Cc1ccc([C@@]2(c3ccncc3)[C@@H]3C(=O)N(c4cc(Cl)cc(Cl)c4)C(O)[C@@H]32)cc1. The molecule has 5 rings (SSSR count). The predicted octanol–water partition coefficient (Wildman–Crippen LogP) is 4.16. The van der Waals surface area contributed by atoms with Crippen LogP contribution < -0.4 is 4.90 Å². The van der Waals surface area contributed by atoms with E-state index in [1.165, 1.54) is 4.90 Å². The standard InChI is InChI=1S/C23H15Cl2N3O2/c24-16-9-17(25)11-18(10-16)28-21(29)19-20(22(28)30)23(19,15-5-7-27-8-6-15)14-3-1-13(12-26)2-4-14/h1-11,19-21,29H/t19-,20+,21?,23+/m1/s1. The number of rotatable bonds is 3. The van der Waals surface area contributed by atoms with Gasteiger partial charge in [0.1, 0.15) is 6.23 Å². The summed E-state index contributed by atoms with van der Waals surface area (Å²) in [5.74, 6) is -0.981. The highest BCUT2D eigenvalue weighted by Gasteiger charge is 2.78. The molecule has 2 aliphatic rings. The first-order chi connectivity index (χ1) is 14.5. The van der Waals surface area contributed by atoms with E-state index in [0.717, 1.165) is 11.1 Å². The van der Waals surface area contributed by atoms with Crippen molar-refractivity contribution in [3.63, 3.8) is 0 Å². The predicted molar refractivity (Wildman–Crippen MR) is 113 cm³/mol. The van der Waals surface area contributed by atoms with Crippen molar-refractivity contribution in [2.24, 2.45) is 11.8 Å². The first-order valence-corrected chi connectivity index (χ1v) is 10.1. The highest BCUT2D eigenvalue weighted by Crippen LogP contribution is 2.69. The Kier molecular flexibility index (Phi) is 4.33. The van der Waals surface area contributed by atoms with Gasteiger partial charge in [-0.2, -0.15) is 5.26 Å². The van der Waals surface area contributed by atoms with Crippen molar-refractivity contribution in [2.45, 2.75) is 11.6 Å². The van der Waals surface area contributed by atoms with Crippen LogP contribution in [-0.2, 0) is 10.2 Å². The van der Waals surface area contributed by atoms with Crippen LogP contribution in [0.25, 0.3) is 0 Å². The zero-order valence-corrected chi connectivity index (χ0v) is 17.0. The van der Waals surface area contributed by atoms with Gasteiger partial charge in [0.15, 0.2) is 0 Å². The van der Waals surface area contributed by atoms with E-state index < -0.39 is 17.6 Å². The van der Waals surface area contributed by atoms with Gasteiger partial charge in [0.2, 0.25) is 5.91 Å². The number of carbonyl (C=O) groups excluding carboxylic acids is 1. The number of aromatic nitrogens is 1. The number of aliphatic hydroxyl groups is 1. The molecule has 1 aromatic heterocycles. The molecule has 5 nitrogen and oxygen atoms in total. The number of benzene rings is 2. The van der Waals surface area contributed by atoms with Crippen LogP contribution in [0.2, 0.25) is 10.0 Å². The number of amides is 1. The minimum Gasteiger partial charge on any atom is -0.373 e. The van der Waals surface area contributed by atoms with Crippen LogP contribution in [0.15, 0.2) is 67.0 Å². The number of nitrogens with zero attached hydrogens (tertiary/aromatic N) is 3. The fraction of sp³-hybridized carbons (Fsp3) is 0.174. The van der Waals surface area contributed by atoms with Crippen molar-refractivity contribution in [3.05, 3.63) is 93.7 Å². The van der Waals surface area contributed by atoms with Gasteiger partial charge in [-0.05, 0) is 53.6 Å². The zero-order chi connectivity index (χ0) is 21.0. The molecule has 1 unspecified atom stereocenters. The van der Waals surface area contributed by atoms with E-state index in [9.17, 15) is 9.90 Å². The number of hydrogen-bond acceptors (Lipinski definition) is 4. The Labute approximate surface area is 183 Å². The van der Waals surface area contributed by atoms with Crippen molar-refractivity contribution in [1.82, 2.24) is 4.98 Å². The third-order valence-electron chi connectivity index (χ3n) is 6.13. The van der Waals surface area contributed by atoms with Crippen LogP contribution in [0.3, 0.4) is 0 Å². The Morgan fingerprint density at radius 3 is 2.13 bits per heavy atom. The van der Waals surface area contributed by atoms with Gasteiger partial charge in [0.05, 0.1) is 17.6 Å². The van der Waals surface area contributed by atoms with Crippen LogP contribution >= 0.6 is 23.2 Å². The van der Waals surface area contributed by atoms with E-state index in [4.69, 9.17) is 28.5 Å². The number of carbonyl (C=O) groups is 1. The second-order valence-corrected chi connectivity index (χ2v) is 8.42. The normalized spacial score (nSPS) is 26.9. The fourth-order valence-corrected chi connectivity index (χ4v) is 5.44. The van der Waals surface area contributed by atoms with E-state index in [1.54, 1.807) is 42.7 Å². The summed E-state index contributed by atoms with van der Waals surface area (Å²) in [4.78, 5) is 18.9. The van der Waals surface area contributed by atoms with Gasteiger partial charge < -0.3 is 5.11 Å². The molecule has 0 bridgehead atoms. The largest absolute Gasteiger partial charge is 0.373 e. The molecule has 7 heteroatoms. The van der Waals surface area contributed by atoms with Gasteiger partial charge in [0, 0.05) is 39.5 Å². The first kappa shape index (κ1) is 19.1. The second kappa shape index (κ2) is 6.82. The number of anilines is 1. The molecule has 2 heterocycles. The zero-order valence-electron chi connectivity index (χ0n) is 15.5. The second-order valence-electron chi connectivity index (χ2n) is 7.55. The maximum Gasteiger partial charge on any atom is 0.233 e. The lowest BCUT2D eigenvalue weighted by Crippen LogP contribution is -2.42. The average molecular weight is 436 g/mol. The Balaban J connectivity index is 1.61. The highest BCUT2D eigenvalue weighted by molar-refractivity contribution is 6.35. The van der Waals surface area contributed by atoms with E-state index >= 15 is 0 Å². The molecule has 30 heavy (non-hydrogen) atoms. The molecule has 1 saturated heterocycles. The van der Waals surface area contributed by atoms with Gasteiger partial charge in [-0.15, -0.1) is 0 Å². The third-order valence-corrected chi connectivity index (χ3v) is 6.57. The molecule has 4 atom stereocenters. The summed E-state index contributed by atoms with van der Waals surface area (Å²) in [7, 11) is 0. The molecule has 2 fully saturated rings. The summed E-state index contributed by atoms with van der Waals surface area (Å²) < 4.78 is 0. The van der Waals surface area contributed by atoms with Crippen LogP contribution in [0.1, 0.15) is 16.7 Å². The van der Waals surface area contributed by atoms with E-state index in [2.05, 4.69) is 11.1 Å². The van der Waals surface area contributed by atoms with Crippen molar-refractivity contribution in [2.75, 3.05) is 4.90 Å². The Bertz CT molecular complexity index is 1170. The van der Waals surface area contributed by atoms with Crippen molar-refractivity contribution < 1.29 is 9.90 Å². The molecule has 1 aliphatic carbocycles. The molecule has 1 aliphatic heterocycles. The molecule has 1 saturated carbocycles. The summed E-state index contributed by atoms with van der Waals surface area (Å²) in [6.07, 6.45) is 2.32. The molecule has 0 radical (unpaired) electrons. The quantitative estimate of drug-likeness (QED) is 0.669. The van der Waals surface area contributed by atoms with Crippen molar-refractivity contribution >= 4 is 34.8 Å². The lowest BCUT2D eigenvalue weighted by atomic mass is 9.82. The third kappa shape index (κ3) is 2.58. The van der Waals surface area contributed by atoms with Gasteiger partial charge in [-0.25, -0.2) is 0 Å². The minimum atomic E-state index is -1.04. The number of piperidine rings is 1. The summed E-state index contributed by atoms with van der Waals surface area (Å²) >= 11 is 12.2. The van der Waals surface area contributed by atoms with Crippen molar-refractivity contribution in [3.8, 4) is 6.07 Å². The molecular formula is C23H15Cl2N3O2. The van der Waals surface area contributed by atoms with E-state index in [0.29, 0.717) is 21.3 Å². The first-order valence-electron chi connectivity index (χ1n) is 9.37. The lowest BCUT2D eigenvalue weighted by molar-refractivity contribution is -0.120. The van der Waals surface area contributed by atoms with Crippen LogP contribution in [0.5, 0.6) is 0 Å². The summed E-state index contributed by atoms with van der Waals surface area (Å²) in [6.45, 7) is 0. The molecule has 0 spiro atoms. The molecular weight excluding hydrogens is 421 g/mol. The van der Waals surface area contributed by atoms with Crippen molar-refractivity contribution in [1.29, 1.82) is 5.26 Å². The minimum absolute atomic E-state index is 0.188. The van der Waals surface area contributed by atoms with Crippen LogP contribution in [-0.4, -0.2) is 22.2 Å². The topological polar surface area (TPSA) is 77.2 Å². The molecule has 148 valence electrons. The Morgan fingerprint density at radius 2 is 1.60 bits per heavy atom. The Hall–Kier alpha value is -2.91. The van der Waals surface area contributed by atoms with Crippen LogP contribution in [0.4, 0.5) is 5.69 Å². The maximum atomic E-state index is 13.5. The molecule has 2 aromatic carbocycles. The number of hydrogen-bond donors (Lipinski definition) is 1. The smallest absolute Gasteiger partial charge is 0.233 e. The van der Waals surface area contributed by atoms with E-state index in [-0.39, 0.29) is 11.8 Å². The van der Waals surface area contributed by atoms with Gasteiger partial charge in [0.25, 0.3) is 0 Å². The van der Waals surface area contributed by atoms with Gasteiger partial charge >= 0.3 is 0 Å². The average Bonchev–Trinajstić information content (AvgIpc) is 3.37. The maximum absolute atomic E-state index is 13.5. The summed E-state index contributed by atoms with van der Waals surface area (Å²) in [5, 5.41) is 21.1. The highest BCUT2D eigenvalue weighted by atomic mass is 35.5. The summed E-state index contributed by atoms with van der Waals surface area (Å²) in [5.41, 5.74) is 2.14. The molecule has 1 N–H and O–H groups in total. The lowest BCUT2D eigenvalue weighted by Gasteiger charge is -2.31. The fourth-order valence-electron chi connectivity index (χ4n) is 4.93. The number of aliphatic hydroxyl groups excluding tert-OH is 1. The van der Waals surface area contributed by atoms with Gasteiger partial charge in [-0.3, -0.25) is 14.7 Å². The van der Waals surface area contributed by atoms with E-state index in [1.807, 2.05) is 24.3 Å². The summed E-state index contributed by atoms with van der Waals surface area (Å²) in [6, 6.07) is 17.9. The number of halogens is 2. The number of fused-ring (bicyclic) bond motifs is 1. The Morgan fingerprint density at radius 1 is 1.00 bits per heavy atom. The number of nitriles is 1. The molecule has 1 amide bonds. The molecule has 3 aromatic rings. The number of pyridine rings is 1.